The van der Waals surface area contributed by atoms with Crippen LogP contribution in [0.3, 0.4) is 0 Å². The first-order valence-electron chi connectivity index (χ1n) is 7.13. The summed E-state index contributed by atoms with van der Waals surface area (Å²) in [6.45, 7) is 2.21. The highest BCUT2D eigenvalue weighted by Crippen LogP contribution is 2.28. The molecule has 0 radical (unpaired) electrons. The molecule has 4 nitrogen and oxygen atoms in total. The van der Waals surface area contributed by atoms with Crippen LogP contribution < -0.4 is 11.1 Å². The normalized spacial score (nSPS) is 10.9. The first kappa shape index (κ1) is 13.8. The van der Waals surface area contributed by atoms with Crippen molar-refractivity contribution < 1.29 is 0 Å². The number of anilines is 3. The maximum Gasteiger partial charge on any atom is 0.223 e. The summed E-state index contributed by atoms with van der Waals surface area (Å²) in [4.78, 5) is 9.44. The molecule has 0 aliphatic heterocycles. The molecule has 3 aromatic rings. The molecule has 0 aliphatic rings. The molecule has 3 rings (SSSR count). The Kier molecular flexibility index (Phi) is 4.01. The number of nitrogens with zero attached hydrogens (tertiary/aromatic N) is 2. The van der Waals surface area contributed by atoms with E-state index in [1.807, 2.05) is 11.4 Å². The number of aromatic nitrogens is 2. The van der Waals surface area contributed by atoms with Crippen molar-refractivity contribution in [2.45, 2.75) is 26.2 Å². The number of fused-ring (bicyclic) bond motifs is 1. The van der Waals surface area contributed by atoms with Crippen molar-refractivity contribution in [1.29, 1.82) is 0 Å². The van der Waals surface area contributed by atoms with Crippen LogP contribution >= 0.6 is 11.3 Å². The van der Waals surface area contributed by atoms with Crippen LogP contribution in [0.4, 0.5) is 17.5 Å². The number of aryl methyl sites for hydroxylation is 1. The molecular weight excluding hydrogens is 280 g/mol. The molecule has 5 heteroatoms. The third-order valence-electron chi connectivity index (χ3n) is 3.38. The summed E-state index contributed by atoms with van der Waals surface area (Å²) in [5, 5.41) is 6.33. The standard InChI is InChI=1S/C16H18N4S/c1-2-3-4-11-5-7-12(8-6-11)18-14-13-9-10-21-15(13)20-16(17)19-14/h5-10H,2-4H2,1H3,(H3,17,18,19,20). The molecule has 0 saturated heterocycles. The van der Waals surface area contributed by atoms with E-state index in [-0.39, 0.29) is 0 Å². The number of rotatable bonds is 5. The summed E-state index contributed by atoms with van der Waals surface area (Å²) in [6, 6.07) is 10.5. The number of nitrogens with one attached hydrogen (secondary N) is 1. The van der Waals surface area contributed by atoms with Crippen LogP contribution in [0.1, 0.15) is 25.3 Å². The van der Waals surface area contributed by atoms with Crippen molar-refractivity contribution in [2.24, 2.45) is 0 Å². The van der Waals surface area contributed by atoms with Crippen LogP contribution in [-0.2, 0) is 6.42 Å². The Morgan fingerprint density at radius 2 is 1.95 bits per heavy atom. The van der Waals surface area contributed by atoms with Crippen LogP contribution in [0.2, 0.25) is 0 Å². The average Bonchev–Trinajstić information content (AvgIpc) is 2.95. The van der Waals surface area contributed by atoms with Crippen molar-refractivity contribution in [1.82, 2.24) is 9.97 Å². The zero-order valence-corrected chi connectivity index (χ0v) is 12.8. The van der Waals surface area contributed by atoms with Gasteiger partial charge in [-0.1, -0.05) is 25.5 Å². The van der Waals surface area contributed by atoms with Gasteiger partial charge in [-0.15, -0.1) is 11.3 Å². The predicted molar refractivity (Wildman–Crippen MR) is 90.2 cm³/mol. The molecule has 0 amide bonds. The second kappa shape index (κ2) is 6.10. The van der Waals surface area contributed by atoms with E-state index in [4.69, 9.17) is 5.73 Å². The Balaban J connectivity index is 1.83. The highest BCUT2D eigenvalue weighted by Gasteiger charge is 2.07. The summed E-state index contributed by atoms with van der Waals surface area (Å²) in [5.74, 6) is 1.06. The van der Waals surface area contributed by atoms with Gasteiger partial charge >= 0.3 is 0 Å². The molecule has 21 heavy (non-hydrogen) atoms. The lowest BCUT2D eigenvalue weighted by molar-refractivity contribution is 0.795. The Morgan fingerprint density at radius 3 is 2.71 bits per heavy atom. The maximum atomic E-state index is 5.76. The van der Waals surface area contributed by atoms with Crippen LogP contribution in [0.5, 0.6) is 0 Å². The molecule has 2 heterocycles. The third-order valence-corrected chi connectivity index (χ3v) is 4.18. The number of unbranched alkanes of at least 4 members (excludes halogenated alkanes) is 1. The molecule has 3 N–H and O–H groups in total. The second-order valence-corrected chi connectivity index (χ2v) is 5.89. The van der Waals surface area contributed by atoms with Gasteiger partial charge in [0.25, 0.3) is 0 Å². The fraction of sp³-hybridized carbons (Fsp3) is 0.250. The maximum absolute atomic E-state index is 5.76. The Labute approximate surface area is 128 Å². The van der Waals surface area contributed by atoms with Crippen LogP contribution in [0.15, 0.2) is 35.7 Å². The number of benzene rings is 1. The van der Waals surface area contributed by atoms with Gasteiger partial charge < -0.3 is 11.1 Å². The van der Waals surface area contributed by atoms with E-state index in [0.29, 0.717) is 5.95 Å². The molecule has 1 aromatic carbocycles. The van der Waals surface area contributed by atoms with E-state index in [1.54, 1.807) is 11.3 Å². The molecule has 0 saturated carbocycles. The van der Waals surface area contributed by atoms with E-state index >= 15 is 0 Å². The predicted octanol–water partition coefficient (Wildman–Crippen LogP) is 4.36. The zero-order valence-electron chi connectivity index (χ0n) is 12.0. The molecule has 0 bridgehead atoms. The SMILES string of the molecule is CCCCc1ccc(Nc2nc(N)nc3sccc23)cc1. The van der Waals surface area contributed by atoms with Gasteiger partial charge in [0.15, 0.2) is 0 Å². The average molecular weight is 298 g/mol. The van der Waals surface area contributed by atoms with Crippen molar-refractivity contribution in [2.75, 3.05) is 11.1 Å². The molecule has 0 fully saturated rings. The van der Waals surface area contributed by atoms with Gasteiger partial charge in [-0.2, -0.15) is 4.98 Å². The molecule has 2 aromatic heterocycles. The molecule has 0 unspecified atom stereocenters. The van der Waals surface area contributed by atoms with E-state index < -0.39 is 0 Å². The minimum absolute atomic E-state index is 0.298. The van der Waals surface area contributed by atoms with Crippen LogP contribution in [0, 0.1) is 0 Å². The van der Waals surface area contributed by atoms with E-state index in [9.17, 15) is 0 Å². The summed E-state index contributed by atoms with van der Waals surface area (Å²) in [6.07, 6.45) is 3.58. The van der Waals surface area contributed by atoms with Gasteiger partial charge in [0.1, 0.15) is 10.6 Å². The van der Waals surface area contributed by atoms with Gasteiger partial charge in [-0.25, -0.2) is 4.98 Å². The summed E-state index contributed by atoms with van der Waals surface area (Å²) < 4.78 is 0. The van der Waals surface area contributed by atoms with Crippen LogP contribution in [0.25, 0.3) is 10.2 Å². The first-order valence-corrected chi connectivity index (χ1v) is 8.01. The lowest BCUT2D eigenvalue weighted by Crippen LogP contribution is -2.00. The monoisotopic (exact) mass is 298 g/mol. The number of hydrogen-bond acceptors (Lipinski definition) is 5. The molecule has 108 valence electrons. The number of nitrogens with two attached hydrogens (primary N) is 1. The largest absolute Gasteiger partial charge is 0.368 e. The topological polar surface area (TPSA) is 63.8 Å². The number of nitrogen functional groups attached to an aromatic ring is 1. The highest BCUT2D eigenvalue weighted by atomic mass is 32.1. The summed E-state index contributed by atoms with van der Waals surface area (Å²) in [7, 11) is 0. The Hall–Kier alpha value is -2.14. The summed E-state index contributed by atoms with van der Waals surface area (Å²) in [5.41, 5.74) is 8.14. The summed E-state index contributed by atoms with van der Waals surface area (Å²) >= 11 is 1.57. The van der Waals surface area contributed by atoms with Crippen molar-refractivity contribution in [3.8, 4) is 0 Å². The van der Waals surface area contributed by atoms with Gasteiger partial charge in [0, 0.05) is 5.69 Å². The van der Waals surface area contributed by atoms with E-state index in [0.717, 1.165) is 28.1 Å². The minimum atomic E-state index is 0.298. The van der Waals surface area contributed by atoms with Crippen LogP contribution in [-0.4, -0.2) is 9.97 Å². The molecule has 0 atom stereocenters. The number of hydrogen-bond donors (Lipinski definition) is 2. The zero-order chi connectivity index (χ0) is 14.7. The second-order valence-electron chi connectivity index (χ2n) is 5.00. The molecule has 0 spiro atoms. The Bertz CT molecular complexity index is 734. The quantitative estimate of drug-likeness (QED) is 0.734. The van der Waals surface area contributed by atoms with Gasteiger partial charge in [-0.3, -0.25) is 0 Å². The molecule has 0 aliphatic carbocycles. The number of thiophene rings is 1. The smallest absolute Gasteiger partial charge is 0.223 e. The van der Waals surface area contributed by atoms with Crippen molar-refractivity contribution in [3.63, 3.8) is 0 Å². The van der Waals surface area contributed by atoms with E-state index in [2.05, 4.69) is 46.5 Å². The van der Waals surface area contributed by atoms with Crippen molar-refractivity contribution >= 4 is 39.0 Å². The first-order chi connectivity index (χ1) is 10.3. The highest BCUT2D eigenvalue weighted by molar-refractivity contribution is 7.16. The minimum Gasteiger partial charge on any atom is -0.368 e. The lowest BCUT2D eigenvalue weighted by atomic mass is 10.1. The van der Waals surface area contributed by atoms with Gasteiger partial charge in [0.2, 0.25) is 5.95 Å². The third kappa shape index (κ3) is 3.13. The van der Waals surface area contributed by atoms with Crippen molar-refractivity contribution in [3.05, 3.63) is 41.3 Å². The fourth-order valence-corrected chi connectivity index (χ4v) is 3.01. The Morgan fingerprint density at radius 1 is 1.14 bits per heavy atom. The fourth-order valence-electron chi connectivity index (χ4n) is 2.24. The van der Waals surface area contributed by atoms with E-state index in [1.165, 1.54) is 18.4 Å². The van der Waals surface area contributed by atoms with Gasteiger partial charge in [0.05, 0.1) is 5.39 Å². The lowest BCUT2D eigenvalue weighted by Gasteiger charge is -2.08. The van der Waals surface area contributed by atoms with Gasteiger partial charge in [-0.05, 0) is 42.0 Å². The molecular formula is C16H18N4S.